The zero-order valence-electron chi connectivity index (χ0n) is 24.0. The van der Waals surface area contributed by atoms with Crippen LogP contribution < -0.4 is 9.80 Å². The van der Waals surface area contributed by atoms with Crippen molar-refractivity contribution >= 4 is 63.9 Å². The number of nitro groups is 1. The quantitative estimate of drug-likeness (QED) is 0.152. The Morgan fingerprint density at radius 1 is 0.935 bits per heavy atom. The molecule has 2 heterocycles. The number of nitro benzene ring substituents is 1. The molecular formula is C33H24Cl2FN3O7. The molecule has 2 saturated heterocycles. The van der Waals surface area contributed by atoms with Gasteiger partial charge in [-0.15, -0.1) is 0 Å². The zero-order valence-corrected chi connectivity index (χ0v) is 25.5. The molecule has 0 spiro atoms. The van der Waals surface area contributed by atoms with Crippen molar-refractivity contribution in [3.05, 3.63) is 104 Å². The Hall–Kier alpha value is -4.61. The third kappa shape index (κ3) is 4.14. The van der Waals surface area contributed by atoms with E-state index in [0.29, 0.717) is 5.57 Å². The summed E-state index contributed by atoms with van der Waals surface area (Å²) < 4.78 is 14.1. The SMILES string of the molecule is CC12C(=O)N(c3ccc(F)c(Cl)c3)C(=O)C1CC1C(=CCC3C(=O)N(c4cccc([N+](=O)[O-])c4)C(=O)C31)C2c1cc(Cl)ccc1O. The zero-order chi connectivity index (χ0) is 32.8. The molecule has 4 aliphatic rings. The van der Waals surface area contributed by atoms with E-state index in [1.54, 1.807) is 13.0 Å². The number of amides is 4. The first-order valence-electron chi connectivity index (χ1n) is 14.5. The van der Waals surface area contributed by atoms with Crippen molar-refractivity contribution < 1.29 is 33.6 Å². The number of nitrogens with zero attached hydrogens (tertiary/aromatic N) is 3. The van der Waals surface area contributed by atoms with Crippen LogP contribution in [-0.2, 0) is 19.2 Å². The number of benzene rings is 3. The first-order valence-corrected chi connectivity index (χ1v) is 15.2. The number of phenols is 1. The second-order valence-corrected chi connectivity index (χ2v) is 13.1. The van der Waals surface area contributed by atoms with Gasteiger partial charge in [-0.25, -0.2) is 14.2 Å². The van der Waals surface area contributed by atoms with E-state index in [-0.39, 0.29) is 51.3 Å². The molecule has 1 N–H and O–H groups in total. The molecule has 13 heteroatoms. The summed E-state index contributed by atoms with van der Waals surface area (Å²) in [6.07, 6.45) is 1.96. The van der Waals surface area contributed by atoms with Crippen molar-refractivity contribution in [3.8, 4) is 5.75 Å². The predicted octanol–water partition coefficient (Wildman–Crippen LogP) is 6.18. The number of allylic oxidation sites excluding steroid dienone is 2. The maximum atomic E-state index is 14.4. The molecule has 6 unspecified atom stereocenters. The highest BCUT2D eigenvalue weighted by Crippen LogP contribution is 2.64. The summed E-state index contributed by atoms with van der Waals surface area (Å²) in [7, 11) is 0. The van der Waals surface area contributed by atoms with Crippen LogP contribution >= 0.6 is 23.2 Å². The number of hydrogen-bond donors (Lipinski definition) is 1. The molecule has 0 radical (unpaired) electrons. The number of halogens is 3. The Bertz CT molecular complexity index is 1950. The molecule has 4 amide bonds. The number of carbonyl (C=O) groups excluding carboxylic acids is 4. The molecule has 2 aliphatic carbocycles. The summed E-state index contributed by atoms with van der Waals surface area (Å²) in [6, 6.07) is 13.2. The number of carbonyl (C=O) groups is 4. The number of fused-ring (bicyclic) bond motifs is 4. The van der Waals surface area contributed by atoms with Crippen molar-refractivity contribution in [1.29, 1.82) is 0 Å². The van der Waals surface area contributed by atoms with Crippen LogP contribution in [0.1, 0.15) is 31.2 Å². The highest BCUT2D eigenvalue weighted by Gasteiger charge is 2.68. The van der Waals surface area contributed by atoms with E-state index in [2.05, 4.69) is 0 Å². The summed E-state index contributed by atoms with van der Waals surface area (Å²) in [4.78, 5) is 69.3. The number of rotatable bonds is 4. The van der Waals surface area contributed by atoms with Gasteiger partial charge in [-0.05, 0) is 68.1 Å². The highest BCUT2D eigenvalue weighted by molar-refractivity contribution is 6.32. The number of hydrogen-bond acceptors (Lipinski definition) is 7. The van der Waals surface area contributed by atoms with Gasteiger partial charge in [-0.3, -0.25) is 29.3 Å². The maximum absolute atomic E-state index is 14.4. The van der Waals surface area contributed by atoms with Crippen LogP contribution in [0, 0.1) is 45.0 Å². The van der Waals surface area contributed by atoms with Crippen molar-refractivity contribution in [2.75, 3.05) is 9.80 Å². The third-order valence-corrected chi connectivity index (χ3v) is 10.6. The topological polar surface area (TPSA) is 138 Å². The van der Waals surface area contributed by atoms with Crippen LogP contribution in [-0.4, -0.2) is 33.7 Å². The van der Waals surface area contributed by atoms with Crippen LogP contribution in [0.2, 0.25) is 10.0 Å². The van der Waals surface area contributed by atoms with Crippen molar-refractivity contribution in [3.63, 3.8) is 0 Å². The van der Waals surface area contributed by atoms with Crippen LogP contribution in [0.4, 0.5) is 21.5 Å². The molecule has 7 rings (SSSR count). The summed E-state index contributed by atoms with van der Waals surface area (Å²) in [5, 5.41) is 22.5. The summed E-state index contributed by atoms with van der Waals surface area (Å²) >= 11 is 12.4. The van der Waals surface area contributed by atoms with Crippen molar-refractivity contribution in [2.45, 2.75) is 25.7 Å². The Morgan fingerprint density at radius 3 is 2.39 bits per heavy atom. The first-order chi connectivity index (χ1) is 21.8. The fraction of sp³-hybridized carbons (Fsp3) is 0.273. The minimum absolute atomic E-state index is 0.0269. The van der Waals surface area contributed by atoms with E-state index in [9.17, 15) is 38.8 Å². The Balaban J connectivity index is 1.37. The molecule has 3 aromatic rings. The van der Waals surface area contributed by atoms with E-state index in [0.717, 1.165) is 21.9 Å². The number of aromatic hydroxyl groups is 1. The minimum atomic E-state index is -1.47. The minimum Gasteiger partial charge on any atom is -0.508 e. The first kappa shape index (κ1) is 30.1. The number of non-ortho nitro benzene ring substituents is 1. The second kappa shape index (κ2) is 10.5. The Kier molecular flexibility index (Phi) is 6.84. The largest absolute Gasteiger partial charge is 0.508 e. The molecule has 3 fully saturated rings. The molecule has 46 heavy (non-hydrogen) atoms. The smallest absolute Gasteiger partial charge is 0.271 e. The highest BCUT2D eigenvalue weighted by atomic mass is 35.5. The van der Waals surface area contributed by atoms with Gasteiger partial charge in [0.05, 0.1) is 44.5 Å². The molecule has 2 aliphatic heterocycles. The van der Waals surface area contributed by atoms with Gasteiger partial charge in [0.25, 0.3) is 5.69 Å². The van der Waals surface area contributed by atoms with Gasteiger partial charge in [0, 0.05) is 28.6 Å². The van der Waals surface area contributed by atoms with Gasteiger partial charge < -0.3 is 5.11 Å². The van der Waals surface area contributed by atoms with E-state index in [1.807, 2.05) is 0 Å². The maximum Gasteiger partial charge on any atom is 0.271 e. The average molecular weight is 664 g/mol. The molecule has 0 aromatic heterocycles. The lowest BCUT2D eigenvalue weighted by Crippen LogP contribution is -2.48. The molecular weight excluding hydrogens is 640 g/mol. The lowest BCUT2D eigenvalue weighted by atomic mass is 9.51. The van der Waals surface area contributed by atoms with Crippen molar-refractivity contribution in [2.24, 2.45) is 29.1 Å². The lowest BCUT2D eigenvalue weighted by molar-refractivity contribution is -0.384. The standard InChI is InChI=1S/C33H24Cl2FN3O7/c1-33-23(30(42)38(32(33)44)17-6-9-25(36)24(35)13-17)14-21-19(28(33)22-11-15(34)5-10-26(22)40)7-8-20-27(21)31(43)37(29(20)41)16-3-2-4-18(12-16)39(45)46/h2-7,9-13,20-21,23,27-28,40H,8,14H2,1H3. The van der Waals surface area contributed by atoms with Crippen LogP contribution in [0.3, 0.4) is 0 Å². The molecule has 234 valence electrons. The average Bonchev–Trinajstić information content (AvgIpc) is 3.39. The fourth-order valence-corrected chi connectivity index (χ4v) is 8.34. The van der Waals surface area contributed by atoms with E-state index < -0.39 is 69.4 Å². The molecule has 1 saturated carbocycles. The second-order valence-electron chi connectivity index (χ2n) is 12.3. The summed E-state index contributed by atoms with van der Waals surface area (Å²) in [5.41, 5.74) is -0.726. The normalized spacial score (nSPS) is 28.6. The van der Waals surface area contributed by atoms with Crippen LogP contribution in [0.25, 0.3) is 0 Å². The van der Waals surface area contributed by atoms with E-state index >= 15 is 0 Å². The van der Waals surface area contributed by atoms with Gasteiger partial charge in [-0.1, -0.05) is 40.9 Å². The molecule has 10 nitrogen and oxygen atoms in total. The summed E-state index contributed by atoms with van der Waals surface area (Å²) in [5.74, 6) is -7.54. The van der Waals surface area contributed by atoms with Crippen molar-refractivity contribution in [1.82, 2.24) is 0 Å². The van der Waals surface area contributed by atoms with Gasteiger partial charge in [0.1, 0.15) is 11.6 Å². The van der Waals surface area contributed by atoms with Gasteiger partial charge in [-0.2, -0.15) is 0 Å². The molecule has 3 aromatic carbocycles. The van der Waals surface area contributed by atoms with E-state index in [4.69, 9.17) is 23.2 Å². The van der Waals surface area contributed by atoms with Gasteiger partial charge in [0.2, 0.25) is 23.6 Å². The van der Waals surface area contributed by atoms with Crippen LogP contribution in [0.5, 0.6) is 5.75 Å². The summed E-state index contributed by atoms with van der Waals surface area (Å²) in [6.45, 7) is 1.63. The number of anilines is 2. The predicted molar refractivity (Wildman–Crippen MR) is 165 cm³/mol. The van der Waals surface area contributed by atoms with E-state index in [1.165, 1.54) is 48.5 Å². The fourth-order valence-electron chi connectivity index (χ4n) is 7.99. The monoisotopic (exact) mass is 663 g/mol. The van der Waals surface area contributed by atoms with Crippen LogP contribution in [0.15, 0.2) is 72.3 Å². The Labute approximate surface area is 271 Å². The molecule has 0 bridgehead atoms. The lowest BCUT2D eigenvalue weighted by Gasteiger charge is -2.49. The number of phenolic OH excluding ortho intramolecular Hbond substituents is 1. The number of imide groups is 2. The van der Waals surface area contributed by atoms with Gasteiger partial charge in [0.15, 0.2) is 0 Å². The molecule has 6 atom stereocenters. The Morgan fingerprint density at radius 2 is 1.67 bits per heavy atom. The van der Waals surface area contributed by atoms with Gasteiger partial charge >= 0.3 is 0 Å². The third-order valence-electron chi connectivity index (χ3n) is 10.0.